The molecule has 12 aromatic carbocycles. The fourth-order valence-corrected chi connectivity index (χ4v) is 14.7. The first kappa shape index (κ1) is 46.6. The topological polar surface area (TPSA) is 48.5 Å². The van der Waals surface area contributed by atoms with Crippen LogP contribution >= 0.6 is 22.7 Å². The van der Waals surface area contributed by atoms with Crippen LogP contribution < -0.4 is 0 Å². The maximum absolute atomic E-state index is 5.42. The average Bonchev–Trinajstić information content (AvgIpc) is 3.52. The van der Waals surface area contributed by atoms with Gasteiger partial charge in [0.1, 0.15) is 0 Å². The minimum atomic E-state index is 0.590. The molecule has 0 saturated heterocycles. The number of para-hydroxylation sites is 2. The Labute approximate surface area is 479 Å². The highest BCUT2D eigenvalue weighted by molar-refractivity contribution is 7.26. The van der Waals surface area contributed by atoms with Gasteiger partial charge in [-0.15, -0.1) is 22.7 Å². The molecule has 0 spiro atoms. The van der Waals surface area contributed by atoms with Crippen molar-refractivity contribution in [1.29, 1.82) is 0 Å². The molecule has 0 saturated carbocycles. The van der Waals surface area contributed by atoms with E-state index in [0.717, 1.165) is 61.3 Å². The van der Waals surface area contributed by atoms with Gasteiger partial charge in [0.05, 0.1) is 22.1 Å². The van der Waals surface area contributed by atoms with Gasteiger partial charge in [-0.25, -0.2) is 15.0 Å². The van der Waals surface area contributed by atoms with Gasteiger partial charge in [-0.2, -0.15) is 0 Å². The van der Waals surface area contributed by atoms with Crippen molar-refractivity contribution < 1.29 is 0 Å². The summed E-state index contributed by atoms with van der Waals surface area (Å²) in [7, 11) is 0. The van der Waals surface area contributed by atoms with Crippen LogP contribution in [-0.2, 0) is 0 Å². The number of thiophene rings is 2. The Bertz CT molecular complexity index is 5140. The largest absolute Gasteiger partial charge is 0.309 e. The highest BCUT2D eigenvalue weighted by atomic mass is 32.1. The molecule has 0 bridgehead atoms. The molecule has 5 nitrogen and oxygen atoms in total. The van der Waals surface area contributed by atoms with E-state index in [1.807, 2.05) is 22.7 Å². The minimum absolute atomic E-state index is 0.590. The van der Waals surface area contributed by atoms with Gasteiger partial charge in [0.25, 0.3) is 0 Å². The zero-order chi connectivity index (χ0) is 53.8. The molecule has 5 heterocycles. The molecule has 0 radical (unpaired) electrons. The lowest BCUT2D eigenvalue weighted by molar-refractivity contribution is 1.07. The third-order valence-electron chi connectivity index (χ3n) is 16.4. The summed E-state index contributed by atoms with van der Waals surface area (Å²) in [4.78, 5) is 16.2. The zero-order valence-electron chi connectivity index (χ0n) is 44.0. The molecule has 0 fully saturated rings. The maximum atomic E-state index is 5.42. The number of fused-ring (bicyclic) bond motifs is 12. The van der Waals surface area contributed by atoms with Crippen LogP contribution in [-0.4, -0.2) is 24.1 Å². The molecule has 17 aromatic rings. The minimum Gasteiger partial charge on any atom is -0.309 e. The smallest absolute Gasteiger partial charge is 0.164 e. The molecule has 0 N–H and O–H groups in total. The Morgan fingerprint density at radius 2 is 0.598 bits per heavy atom. The van der Waals surface area contributed by atoms with Gasteiger partial charge in [0.2, 0.25) is 0 Å². The van der Waals surface area contributed by atoms with Crippen LogP contribution in [0.25, 0.3) is 163 Å². The SMILES string of the molecule is c1ccc(-c2ccccc2-c2nc(-c3cccc(-n4c5ccccc5c5cc(-c6ccc7sc8ccccc8c7c6)ccc54)c3)nc(-c3cccc(-n4c5ccccc5c5cc(-c6ccc7sc8ccccc8c7c6)ccc54)c3)n2)cc1. The molecule has 0 amide bonds. The molecule has 0 atom stereocenters. The summed E-state index contributed by atoms with van der Waals surface area (Å²) in [5.74, 6) is 1.78. The molecule has 82 heavy (non-hydrogen) atoms. The third kappa shape index (κ3) is 7.55. The second kappa shape index (κ2) is 18.6. The van der Waals surface area contributed by atoms with Crippen LogP contribution in [0.4, 0.5) is 0 Å². The second-order valence-corrected chi connectivity index (χ2v) is 23.3. The summed E-state index contributed by atoms with van der Waals surface area (Å²) in [6.45, 7) is 0. The zero-order valence-corrected chi connectivity index (χ0v) is 45.7. The van der Waals surface area contributed by atoms with Crippen LogP contribution in [0, 0.1) is 0 Å². The first-order valence-corrected chi connectivity index (χ1v) is 29.3. The monoisotopic (exact) mass is 1080 g/mol. The van der Waals surface area contributed by atoms with E-state index in [2.05, 4.69) is 282 Å². The molecule has 5 aromatic heterocycles. The van der Waals surface area contributed by atoms with E-state index >= 15 is 0 Å². The molecular weight excluding hydrogens is 1030 g/mol. The van der Waals surface area contributed by atoms with Gasteiger partial charge in [0, 0.05) is 90.0 Å². The number of nitrogens with zero attached hydrogens (tertiary/aromatic N) is 5. The molecule has 0 aliphatic carbocycles. The van der Waals surface area contributed by atoms with Crippen LogP contribution in [0.2, 0.25) is 0 Å². The molecule has 382 valence electrons. The lowest BCUT2D eigenvalue weighted by Crippen LogP contribution is -2.02. The summed E-state index contributed by atoms with van der Waals surface area (Å²) in [5, 5.41) is 10.00. The highest BCUT2D eigenvalue weighted by Crippen LogP contribution is 2.43. The summed E-state index contributed by atoms with van der Waals surface area (Å²) in [6.07, 6.45) is 0. The predicted molar refractivity (Wildman–Crippen MR) is 347 cm³/mol. The van der Waals surface area contributed by atoms with Crippen molar-refractivity contribution in [2.24, 2.45) is 0 Å². The van der Waals surface area contributed by atoms with Crippen molar-refractivity contribution in [3.05, 3.63) is 273 Å². The first-order valence-electron chi connectivity index (χ1n) is 27.6. The van der Waals surface area contributed by atoms with Crippen molar-refractivity contribution in [1.82, 2.24) is 24.1 Å². The van der Waals surface area contributed by atoms with Gasteiger partial charge >= 0.3 is 0 Å². The highest BCUT2D eigenvalue weighted by Gasteiger charge is 2.21. The van der Waals surface area contributed by atoms with E-state index < -0.39 is 0 Å². The van der Waals surface area contributed by atoms with Crippen LogP contribution in [0.5, 0.6) is 0 Å². The summed E-state index contributed by atoms with van der Waals surface area (Å²) >= 11 is 3.71. The predicted octanol–water partition coefficient (Wildman–Crippen LogP) is 20.8. The van der Waals surface area contributed by atoms with E-state index in [1.54, 1.807) is 0 Å². The first-order chi connectivity index (χ1) is 40.6. The number of hydrogen-bond acceptors (Lipinski definition) is 5. The molecule has 7 heteroatoms. The Morgan fingerprint density at radius 3 is 1.12 bits per heavy atom. The maximum Gasteiger partial charge on any atom is 0.164 e. The van der Waals surface area contributed by atoms with Crippen LogP contribution in [0.1, 0.15) is 0 Å². The molecular formula is C75H45N5S2. The van der Waals surface area contributed by atoms with E-state index in [0.29, 0.717) is 17.5 Å². The van der Waals surface area contributed by atoms with Gasteiger partial charge in [0.15, 0.2) is 17.5 Å². The van der Waals surface area contributed by atoms with Gasteiger partial charge in [-0.05, 0) is 130 Å². The van der Waals surface area contributed by atoms with E-state index in [-0.39, 0.29) is 0 Å². The van der Waals surface area contributed by atoms with Gasteiger partial charge in [-0.3, -0.25) is 0 Å². The molecule has 0 unspecified atom stereocenters. The van der Waals surface area contributed by atoms with Crippen molar-refractivity contribution in [3.8, 4) is 78.9 Å². The van der Waals surface area contributed by atoms with Gasteiger partial charge < -0.3 is 9.13 Å². The van der Waals surface area contributed by atoms with E-state index in [1.165, 1.54) is 84.1 Å². The standard InChI is InChI=1S/C75H45N5S2/c1-2-16-46(17-3-1)55-22-4-5-27-60(55)75-77-73(51-18-14-20-53(40-51)79-65-28-10-6-23-56(65)61-42-47(32-36-67(61)79)49-34-38-71-63(44-49)58-25-8-12-30-69(58)81-71)76-74(78-75)52-19-15-21-54(41-52)80-66-29-11-7-24-57(66)62-43-48(33-37-68(62)80)50-35-39-72-64(45-50)59-26-9-13-31-70(59)82-72/h1-45H. The third-order valence-corrected chi connectivity index (χ3v) is 18.7. The molecule has 17 rings (SSSR count). The lowest BCUT2D eigenvalue weighted by atomic mass is 9.99. The number of hydrogen-bond donors (Lipinski definition) is 0. The Balaban J connectivity index is 0.799. The van der Waals surface area contributed by atoms with Crippen molar-refractivity contribution >= 4 is 107 Å². The quantitative estimate of drug-likeness (QED) is 0.152. The van der Waals surface area contributed by atoms with E-state index in [4.69, 9.17) is 15.0 Å². The normalized spacial score (nSPS) is 11.9. The Kier molecular flexibility index (Phi) is 10.6. The number of aromatic nitrogens is 5. The van der Waals surface area contributed by atoms with Crippen molar-refractivity contribution in [2.75, 3.05) is 0 Å². The number of benzene rings is 12. The Morgan fingerprint density at radius 1 is 0.220 bits per heavy atom. The number of rotatable bonds is 8. The van der Waals surface area contributed by atoms with Crippen LogP contribution in [0.15, 0.2) is 273 Å². The fourth-order valence-electron chi connectivity index (χ4n) is 12.5. The van der Waals surface area contributed by atoms with E-state index in [9.17, 15) is 0 Å². The van der Waals surface area contributed by atoms with Gasteiger partial charge in [-0.1, -0.05) is 176 Å². The second-order valence-electron chi connectivity index (χ2n) is 21.1. The summed E-state index contributed by atoms with van der Waals surface area (Å²) < 4.78 is 10.00. The Hall–Kier alpha value is -10.3. The average molecular weight is 1080 g/mol. The fraction of sp³-hybridized carbons (Fsp3) is 0. The summed E-state index contributed by atoms with van der Waals surface area (Å²) in [5.41, 5.74) is 16.2. The summed E-state index contributed by atoms with van der Waals surface area (Å²) in [6, 6.07) is 98.8. The molecule has 0 aliphatic rings. The molecule has 0 aliphatic heterocycles. The lowest BCUT2D eigenvalue weighted by Gasteiger charge is -2.14. The van der Waals surface area contributed by atoms with Crippen molar-refractivity contribution in [2.45, 2.75) is 0 Å². The van der Waals surface area contributed by atoms with Crippen LogP contribution in [0.3, 0.4) is 0 Å². The van der Waals surface area contributed by atoms with Crippen molar-refractivity contribution in [3.63, 3.8) is 0 Å².